The van der Waals surface area contributed by atoms with E-state index in [1.54, 1.807) is 6.33 Å². The molecule has 7 heteroatoms. The van der Waals surface area contributed by atoms with Gasteiger partial charge in [0, 0.05) is 24.7 Å². The molecule has 5 rings (SSSR count). The minimum absolute atomic E-state index is 0.154. The highest BCUT2D eigenvalue weighted by Crippen LogP contribution is 2.39. The Kier molecular flexibility index (Phi) is 8.27. The number of nitrogen functional groups attached to an aromatic ring is 1. The summed E-state index contributed by atoms with van der Waals surface area (Å²) in [4.78, 5) is 19.7. The Balaban J connectivity index is 1.05. The van der Waals surface area contributed by atoms with Crippen LogP contribution in [0, 0.1) is 5.92 Å². The molecule has 0 aliphatic heterocycles. The number of hydrogen-bond donors (Lipinski definition) is 2. The van der Waals surface area contributed by atoms with Crippen LogP contribution in [-0.2, 0) is 11.8 Å². The molecule has 1 aromatic carbocycles. The van der Waals surface area contributed by atoms with E-state index in [1.165, 1.54) is 57.1 Å². The van der Waals surface area contributed by atoms with Crippen molar-refractivity contribution < 1.29 is 0 Å². The lowest BCUT2D eigenvalue weighted by Gasteiger charge is -2.27. The first kappa shape index (κ1) is 27.6. The second-order valence-corrected chi connectivity index (χ2v) is 12.9. The van der Waals surface area contributed by atoms with Crippen LogP contribution in [-0.4, -0.2) is 48.5 Å². The number of nitrogens with two attached hydrogens (primary N) is 1. The van der Waals surface area contributed by atoms with Crippen LogP contribution in [0.3, 0.4) is 0 Å². The molecule has 210 valence electrons. The first-order chi connectivity index (χ1) is 18.7. The molecule has 39 heavy (non-hydrogen) atoms. The van der Waals surface area contributed by atoms with Crippen LogP contribution in [0.15, 0.2) is 36.8 Å². The predicted octanol–water partition coefficient (Wildman–Crippen LogP) is 7.04. The number of imidazole rings is 1. The monoisotopic (exact) mass is 529 g/mol. The number of anilines is 1. The summed E-state index contributed by atoms with van der Waals surface area (Å²) in [7, 11) is 0. The molecule has 2 unspecified atom stereocenters. The van der Waals surface area contributed by atoms with Crippen molar-refractivity contribution in [3.05, 3.63) is 48.2 Å². The van der Waals surface area contributed by atoms with Crippen molar-refractivity contribution >= 4 is 27.9 Å². The molecule has 0 radical (unpaired) electrons. The molecule has 1 fully saturated rings. The van der Waals surface area contributed by atoms with Gasteiger partial charge in [0.05, 0.1) is 16.4 Å². The van der Waals surface area contributed by atoms with Crippen LogP contribution in [0.1, 0.15) is 97.0 Å². The topological polar surface area (TPSA) is 88.7 Å². The van der Waals surface area contributed by atoms with Gasteiger partial charge in [-0.15, -0.1) is 0 Å². The second kappa shape index (κ2) is 11.7. The minimum atomic E-state index is 0.154. The lowest BCUT2D eigenvalue weighted by Crippen LogP contribution is -2.33. The number of nitrogens with zero attached hydrogens (tertiary/aromatic N) is 5. The zero-order chi connectivity index (χ0) is 27.6. The summed E-state index contributed by atoms with van der Waals surface area (Å²) in [6, 6.07) is 9.82. The molecular weight excluding hydrogens is 482 g/mol. The van der Waals surface area contributed by atoms with E-state index in [9.17, 15) is 0 Å². The minimum Gasteiger partial charge on any atom is -0.383 e. The molecule has 0 bridgehead atoms. The fraction of sp³-hybridized carbons (Fsp3) is 0.594. The molecule has 0 amide bonds. The third-order valence-electron chi connectivity index (χ3n) is 8.74. The van der Waals surface area contributed by atoms with Gasteiger partial charge >= 0.3 is 0 Å². The molecule has 7 nitrogen and oxygen atoms in total. The summed E-state index contributed by atoms with van der Waals surface area (Å²) in [6.45, 7) is 13.8. The number of nitrogens with one attached hydrogen (secondary N) is 1. The van der Waals surface area contributed by atoms with Crippen molar-refractivity contribution in [1.82, 2.24) is 29.4 Å². The maximum Gasteiger partial charge on any atom is 0.145 e. The molecule has 0 saturated heterocycles. The molecule has 3 heterocycles. The highest BCUT2D eigenvalue weighted by atomic mass is 15.1. The van der Waals surface area contributed by atoms with E-state index < -0.39 is 0 Å². The van der Waals surface area contributed by atoms with Gasteiger partial charge in [-0.3, -0.25) is 0 Å². The fourth-order valence-corrected chi connectivity index (χ4v) is 6.31. The van der Waals surface area contributed by atoms with Crippen LogP contribution in [0.4, 0.5) is 5.82 Å². The molecule has 3 aromatic heterocycles. The van der Waals surface area contributed by atoms with Gasteiger partial charge in [-0.1, -0.05) is 26.8 Å². The van der Waals surface area contributed by atoms with Crippen molar-refractivity contribution in [3.8, 4) is 0 Å². The molecule has 0 spiro atoms. The summed E-state index contributed by atoms with van der Waals surface area (Å²) < 4.78 is 2.33. The number of aromatic nitrogens is 5. The fourth-order valence-electron chi connectivity index (χ4n) is 6.31. The van der Waals surface area contributed by atoms with Gasteiger partial charge in [0.2, 0.25) is 0 Å². The summed E-state index contributed by atoms with van der Waals surface area (Å²) in [6.07, 6.45) is 13.5. The molecule has 3 N–H and O–H groups in total. The van der Waals surface area contributed by atoms with Gasteiger partial charge in [-0.05, 0) is 107 Å². The van der Waals surface area contributed by atoms with Crippen LogP contribution in [0.2, 0.25) is 0 Å². The number of fused-ring (bicyclic) bond motifs is 2. The normalized spacial score (nSPS) is 18.3. The first-order valence-electron chi connectivity index (χ1n) is 15.0. The molecular formula is C32H47N7. The van der Waals surface area contributed by atoms with Gasteiger partial charge in [0.1, 0.15) is 23.6 Å². The average Bonchev–Trinajstić information content (AvgIpc) is 3.62. The number of aryl methyl sites for hydroxylation is 1. The average molecular weight is 530 g/mol. The van der Waals surface area contributed by atoms with Crippen LogP contribution in [0.5, 0.6) is 0 Å². The zero-order valence-corrected chi connectivity index (χ0v) is 24.6. The standard InChI is InChI=1S/C32H47N7/c1-22(2)38(16-7-6-10-29-36-27-14-12-24(32(3,4)5)20-28(27)37-29)17-8-9-23-11-13-25(19-23)39-18-15-26-30(33)34-21-35-31(26)39/h12,14-15,18,20-23,25H,6-11,13,16-17,19H2,1-5H3,(H,36,37)(H2,33,34,35). The highest BCUT2D eigenvalue weighted by molar-refractivity contribution is 5.86. The molecule has 2 atom stereocenters. The summed E-state index contributed by atoms with van der Waals surface area (Å²) in [5.74, 6) is 2.49. The summed E-state index contributed by atoms with van der Waals surface area (Å²) in [5, 5.41) is 0.975. The van der Waals surface area contributed by atoms with Crippen molar-refractivity contribution in [2.24, 2.45) is 5.92 Å². The number of hydrogen-bond acceptors (Lipinski definition) is 5. The predicted molar refractivity (Wildman–Crippen MR) is 162 cm³/mol. The Bertz CT molecular complexity index is 1380. The lowest BCUT2D eigenvalue weighted by atomic mass is 9.87. The Morgan fingerprint density at radius 1 is 1.08 bits per heavy atom. The third kappa shape index (κ3) is 6.46. The van der Waals surface area contributed by atoms with E-state index in [1.807, 2.05) is 0 Å². The Hall–Kier alpha value is -2.93. The number of aromatic amines is 1. The Morgan fingerprint density at radius 2 is 1.90 bits per heavy atom. The largest absolute Gasteiger partial charge is 0.383 e. The maximum absolute atomic E-state index is 6.05. The van der Waals surface area contributed by atoms with Crippen molar-refractivity contribution in [3.63, 3.8) is 0 Å². The Labute approximate surface area is 233 Å². The van der Waals surface area contributed by atoms with E-state index in [-0.39, 0.29) is 5.41 Å². The van der Waals surface area contributed by atoms with E-state index in [0.717, 1.165) is 46.8 Å². The zero-order valence-electron chi connectivity index (χ0n) is 24.6. The van der Waals surface area contributed by atoms with Gasteiger partial charge in [0.25, 0.3) is 0 Å². The Morgan fingerprint density at radius 3 is 2.69 bits per heavy atom. The quantitative estimate of drug-likeness (QED) is 0.203. The number of rotatable bonds is 11. The maximum atomic E-state index is 6.05. The summed E-state index contributed by atoms with van der Waals surface area (Å²) in [5.41, 5.74) is 10.8. The third-order valence-corrected chi connectivity index (χ3v) is 8.74. The SMILES string of the molecule is CC(C)N(CCCCc1nc2ccc(C(C)(C)C)cc2[nH]1)CCCC1CCC(n2ccc3c(N)ncnc32)C1. The molecule has 1 aliphatic rings. The van der Waals surface area contributed by atoms with Gasteiger partial charge in [-0.2, -0.15) is 0 Å². The van der Waals surface area contributed by atoms with Crippen molar-refractivity contribution in [1.29, 1.82) is 0 Å². The summed E-state index contributed by atoms with van der Waals surface area (Å²) >= 11 is 0. The van der Waals surface area contributed by atoms with Crippen LogP contribution in [0.25, 0.3) is 22.1 Å². The van der Waals surface area contributed by atoms with E-state index >= 15 is 0 Å². The molecule has 1 aliphatic carbocycles. The van der Waals surface area contributed by atoms with Gasteiger partial charge in [-0.25, -0.2) is 15.0 Å². The highest BCUT2D eigenvalue weighted by Gasteiger charge is 2.27. The van der Waals surface area contributed by atoms with Crippen LogP contribution >= 0.6 is 0 Å². The van der Waals surface area contributed by atoms with Gasteiger partial charge < -0.3 is 20.2 Å². The van der Waals surface area contributed by atoms with Gasteiger partial charge in [0.15, 0.2) is 0 Å². The van der Waals surface area contributed by atoms with E-state index in [2.05, 4.69) is 89.5 Å². The van der Waals surface area contributed by atoms with E-state index in [4.69, 9.17) is 10.7 Å². The van der Waals surface area contributed by atoms with Crippen molar-refractivity contribution in [2.75, 3.05) is 18.8 Å². The molecule has 4 aromatic rings. The van der Waals surface area contributed by atoms with Crippen molar-refractivity contribution in [2.45, 2.75) is 103 Å². The van der Waals surface area contributed by atoms with E-state index in [0.29, 0.717) is 17.9 Å². The number of benzene rings is 1. The number of unbranched alkanes of at least 4 members (excludes halogenated alkanes) is 1. The second-order valence-electron chi connectivity index (χ2n) is 12.9. The van der Waals surface area contributed by atoms with Crippen LogP contribution < -0.4 is 5.73 Å². The smallest absolute Gasteiger partial charge is 0.145 e. The first-order valence-corrected chi connectivity index (χ1v) is 15.0. The lowest BCUT2D eigenvalue weighted by molar-refractivity contribution is 0.208. The number of H-pyrrole nitrogens is 1. The molecule has 1 saturated carbocycles.